The number of primary amides is 1. The zero-order valence-electron chi connectivity index (χ0n) is 20.1. The van der Waals surface area contributed by atoms with Crippen LogP contribution in [0.4, 0.5) is 0 Å². The SMILES string of the molecule is COc1ccc(C=O)cc1-c1ccc(O)c2c1CC(CC(CCO)C(CO)C(=O)CC(N)=O)CC2=O. The van der Waals surface area contributed by atoms with E-state index in [1.165, 1.54) is 13.2 Å². The van der Waals surface area contributed by atoms with Crippen molar-refractivity contribution < 1.29 is 39.2 Å². The van der Waals surface area contributed by atoms with Gasteiger partial charge in [0, 0.05) is 30.1 Å². The van der Waals surface area contributed by atoms with E-state index in [9.17, 15) is 34.5 Å². The third kappa shape index (κ3) is 5.80. The smallest absolute Gasteiger partial charge is 0.224 e. The topological polar surface area (TPSA) is 164 Å². The van der Waals surface area contributed by atoms with Crippen molar-refractivity contribution in [3.8, 4) is 22.6 Å². The predicted octanol–water partition coefficient (Wildman–Crippen LogP) is 2.07. The molecule has 0 saturated heterocycles. The zero-order chi connectivity index (χ0) is 26.4. The number of ether oxygens (including phenoxy) is 1. The fraction of sp³-hybridized carbons (Fsp3) is 0.407. The standard InChI is InChI=1S/C27H31NO8/c1-36-25-5-2-15(13-30)9-19(25)18-3-4-22(32)27-20(18)10-16(11-24(27)34)8-17(6-7-29)21(14-31)23(33)12-26(28)35/h2-5,9,13,16-17,21,29,31-32H,6-8,10-12,14H2,1H3,(H2,28,35). The molecule has 1 aliphatic rings. The molecule has 192 valence electrons. The van der Waals surface area contributed by atoms with Gasteiger partial charge >= 0.3 is 0 Å². The Morgan fingerprint density at radius 2 is 1.92 bits per heavy atom. The van der Waals surface area contributed by atoms with Gasteiger partial charge in [0.25, 0.3) is 0 Å². The Labute approximate surface area is 208 Å². The molecule has 0 heterocycles. The van der Waals surface area contributed by atoms with E-state index in [-0.39, 0.29) is 42.5 Å². The van der Waals surface area contributed by atoms with Crippen LogP contribution in [0.2, 0.25) is 0 Å². The lowest BCUT2D eigenvalue weighted by Gasteiger charge is -2.32. The third-order valence-corrected chi connectivity index (χ3v) is 6.85. The molecule has 3 rings (SSSR count). The number of hydrogen-bond donors (Lipinski definition) is 4. The lowest BCUT2D eigenvalue weighted by atomic mass is 9.72. The van der Waals surface area contributed by atoms with Gasteiger partial charge in [0.05, 0.1) is 25.7 Å². The summed E-state index contributed by atoms with van der Waals surface area (Å²) in [7, 11) is 1.50. The minimum atomic E-state index is -0.894. The monoisotopic (exact) mass is 497 g/mol. The van der Waals surface area contributed by atoms with Crippen molar-refractivity contribution in [1.82, 2.24) is 0 Å². The minimum absolute atomic E-state index is 0.111. The van der Waals surface area contributed by atoms with Gasteiger partial charge in [-0.25, -0.2) is 0 Å². The molecule has 36 heavy (non-hydrogen) atoms. The first-order chi connectivity index (χ1) is 17.2. The normalized spacial score (nSPS) is 16.6. The van der Waals surface area contributed by atoms with E-state index in [0.717, 1.165) is 0 Å². The molecule has 0 bridgehead atoms. The summed E-state index contributed by atoms with van der Waals surface area (Å²) in [6, 6.07) is 8.06. The van der Waals surface area contributed by atoms with Crippen molar-refractivity contribution in [2.75, 3.05) is 20.3 Å². The molecule has 2 aromatic rings. The number of aromatic hydroxyl groups is 1. The number of aliphatic hydroxyl groups excluding tert-OH is 2. The van der Waals surface area contributed by atoms with Crippen molar-refractivity contribution in [3.63, 3.8) is 0 Å². The van der Waals surface area contributed by atoms with Gasteiger partial charge < -0.3 is 25.8 Å². The van der Waals surface area contributed by atoms with Crippen LogP contribution in [-0.4, -0.2) is 59.4 Å². The maximum atomic E-state index is 13.2. The highest BCUT2D eigenvalue weighted by Crippen LogP contribution is 2.43. The highest BCUT2D eigenvalue weighted by Gasteiger charge is 2.35. The Morgan fingerprint density at radius 3 is 2.53 bits per heavy atom. The maximum absolute atomic E-state index is 13.2. The number of Topliss-reactive ketones (excluding diaryl/α,β-unsaturated/α-hetero) is 2. The number of nitrogens with two attached hydrogens (primary N) is 1. The number of carbonyl (C=O) groups excluding carboxylic acids is 4. The van der Waals surface area contributed by atoms with Gasteiger partial charge in [-0.05, 0) is 66.5 Å². The third-order valence-electron chi connectivity index (χ3n) is 6.85. The number of phenolic OH excluding ortho intramolecular Hbond substituents is 1. The molecule has 2 aromatic carbocycles. The van der Waals surface area contributed by atoms with Crippen molar-refractivity contribution in [2.24, 2.45) is 23.5 Å². The maximum Gasteiger partial charge on any atom is 0.224 e. The van der Waals surface area contributed by atoms with E-state index in [2.05, 4.69) is 0 Å². The second-order valence-corrected chi connectivity index (χ2v) is 9.17. The highest BCUT2D eigenvalue weighted by atomic mass is 16.5. The van der Waals surface area contributed by atoms with Crippen molar-refractivity contribution in [3.05, 3.63) is 47.0 Å². The largest absolute Gasteiger partial charge is 0.507 e. The molecule has 5 N–H and O–H groups in total. The van der Waals surface area contributed by atoms with Gasteiger partial charge in [-0.1, -0.05) is 6.07 Å². The van der Waals surface area contributed by atoms with Gasteiger partial charge in [-0.2, -0.15) is 0 Å². The number of fused-ring (bicyclic) bond motifs is 1. The average Bonchev–Trinajstić information content (AvgIpc) is 2.83. The van der Waals surface area contributed by atoms with Gasteiger partial charge in [0.1, 0.15) is 23.6 Å². The van der Waals surface area contributed by atoms with Crippen LogP contribution in [-0.2, 0) is 16.0 Å². The summed E-state index contributed by atoms with van der Waals surface area (Å²) < 4.78 is 5.48. The molecular weight excluding hydrogens is 466 g/mol. The number of benzene rings is 2. The first kappa shape index (κ1) is 27.0. The van der Waals surface area contributed by atoms with E-state index >= 15 is 0 Å². The molecule has 0 spiro atoms. The number of amides is 1. The van der Waals surface area contributed by atoms with Gasteiger partial charge in [-0.3, -0.25) is 19.2 Å². The number of carbonyl (C=O) groups is 4. The molecule has 1 amide bonds. The summed E-state index contributed by atoms with van der Waals surface area (Å²) >= 11 is 0. The summed E-state index contributed by atoms with van der Waals surface area (Å²) in [5.74, 6) is -2.82. The van der Waals surface area contributed by atoms with Crippen LogP contribution in [0.3, 0.4) is 0 Å². The molecule has 0 fully saturated rings. The molecular formula is C27H31NO8. The number of aldehydes is 1. The van der Waals surface area contributed by atoms with Crippen molar-refractivity contribution in [1.29, 1.82) is 0 Å². The molecule has 0 aromatic heterocycles. The van der Waals surface area contributed by atoms with Gasteiger partial charge in [-0.15, -0.1) is 0 Å². The minimum Gasteiger partial charge on any atom is -0.507 e. The molecule has 1 aliphatic carbocycles. The van der Waals surface area contributed by atoms with Crippen LogP contribution in [0.15, 0.2) is 30.3 Å². The van der Waals surface area contributed by atoms with Crippen LogP contribution in [0.5, 0.6) is 11.5 Å². The summed E-state index contributed by atoms with van der Waals surface area (Å²) in [4.78, 5) is 48.4. The number of hydrogen-bond acceptors (Lipinski definition) is 8. The predicted molar refractivity (Wildman–Crippen MR) is 131 cm³/mol. The highest BCUT2D eigenvalue weighted by molar-refractivity contribution is 6.03. The van der Waals surface area contributed by atoms with E-state index in [4.69, 9.17) is 10.5 Å². The Morgan fingerprint density at radius 1 is 1.17 bits per heavy atom. The van der Waals surface area contributed by atoms with Crippen LogP contribution in [0, 0.1) is 17.8 Å². The van der Waals surface area contributed by atoms with Crippen LogP contribution < -0.4 is 10.5 Å². The van der Waals surface area contributed by atoms with Crippen LogP contribution in [0.1, 0.15) is 52.0 Å². The first-order valence-corrected chi connectivity index (χ1v) is 11.8. The summed E-state index contributed by atoms with van der Waals surface area (Å²) in [5, 5.41) is 30.0. The van der Waals surface area contributed by atoms with Crippen LogP contribution >= 0.6 is 0 Å². The number of aliphatic hydroxyl groups is 2. The fourth-order valence-corrected chi connectivity index (χ4v) is 5.21. The van der Waals surface area contributed by atoms with Crippen LogP contribution in [0.25, 0.3) is 11.1 Å². The summed E-state index contributed by atoms with van der Waals surface area (Å²) in [5.41, 5.74) is 7.64. The van der Waals surface area contributed by atoms with E-state index < -0.39 is 36.6 Å². The second-order valence-electron chi connectivity index (χ2n) is 9.17. The molecule has 3 atom stereocenters. The first-order valence-electron chi connectivity index (χ1n) is 11.8. The summed E-state index contributed by atoms with van der Waals surface area (Å²) in [6.07, 6.45) is 1.23. The average molecular weight is 498 g/mol. The fourth-order valence-electron chi connectivity index (χ4n) is 5.21. The number of methoxy groups -OCH3 is 1. The number of rotatable bonds is 12. The number of phenols is 1. The Kier molecular flexibility index (Phi) is 8.95. The van der Waals surface area contributed by atoms with Crippen molar-refractivity contribution >= 4 is 23.8 Å². The quantitative estimate of drug-likeness (QED) is 0.256. The molecule has 9 nitrogen and oxygen atoms in total. The summed E-state index contributed by atoms with van der Waals surface area (Å²) in [6.45, 7) is -0.736. The van der Waals surface area contributed by atoms with E-state index in [1.807, 2.05) is 0 Å². The van der Waals surface area contributed by atoms with Gasteiger partial charge in [0.15, 0.2) is 5.78 Å². The second kappa shape index (κ2) is 11.9. The van der Waals surface area contributed by atoms with Gasteiger partial charge in [0.2, 0.25) is 5.91 Å². The molecule has 9 heteroatoms. The van der Waals surface area contributed by atoms with Crippen molar-refractivity contribution in [2.45, 2.75) is 32.1 Å². The van der Waals surface area contributed by atoms with E-state index in [1.54, 1.807) is 24.3 Å². The zero-order valence-corrected chi connectivity index (χ0v) is 20.1. The molecule has 0 radical (unpaired) electrons. The van der Waals surface area contributed by atoms with E-state index in [0.29, 0.717) is 47.1 Å². The Balaban J connectivity index is 2.00. The Hall–Kier alpha value is -3.56. The lowest BCUT2D eigenvalue weighted by molar-refractivity contribution is -0.131. The molecule has 0 aliphatic heterocycles. The molecule has 0 saturated carbocycles. The molecule has 3 unspecified atom stereocenters. The lowest BCUT2D eigenvalue weighted by Crippen LogP contribution is -2.33. The number of ketones is 2. The Bertz CT molecular complexity index is 1160.